The fraction of sp³-hybridized carbons (Fsp3) is 0.167. The van der Waals surface area contributed by atoms with Gasteiger partial charge in [0.2, 0.25) is 5.91 Å². The zero-order valence-corrected chi connectivity index (χ0v) is 13.9. The molecule has 0 aromatic heterocycles. The largest absolute Gasteiger partial charge is 0.333 e. The Morgan fingerprint density at radius 3 is 2.36 bits per heavy atom. The van der Waals surface area contributed by atoms with E-state index in [1.54, 1.807) is 0 Å². The third-order valence-electron chi connectivity index (χ3n) is 3.34. The van der Waals surface area contributed by atoms with Crippen molar-refractivity contribution in [1.29, 1.82) is 0 Å². The van der Waals surface area contributed by atoms with E-state index in [-0.39, 0.29) is 18.1 Å². The van der Waals surface area contributed by atoms with Crippen LogP contribution in [0, 0.1) is 5.82 Å². The molecule has 2 N–H and O–H groups in total. The van der Waals surface area contributed by atoms with Crippen molar-refractivity contribution < 1.29 is 18.8 Å². The summed E-state index contributed by atoms with van der Waals surface area (Å²) in [5.74, 6) is -2.80. The summed E-state index contributed by atoms with van der Waals surface area (Å²) in [6, 6.07) is 12.9. The summed E-state index contributed by atoms with van der Waals surface area (Å²) in [4.78, 5) is 36.5. The number of anilines is 2. The smallest absolute Gasteiger partial charge is 0.313 e. The average molecular weight is 343 g/mol. The number of nitrogens with one attached hydrogen (secondary N) is 2. The molecule has 7 heteroatoms. The Balaban J connectivity index is 2.05. The van der Waals surface area contributed by atoms with Crippen LogP contribution < -0.4 is 10.6 Å². The second kappa shape index (κ2) is 8.05. The van der Waals surface area contributed by atoms with Gasteiger partial charge in [0.15, 0.2) is 0 Å². The van der Waals surface area contributed by atoms with Crippen LogP contribution >= 0.6 is 0 Å². The summed E-state index contributed by atoms with van der Waals surface area (Å²) in [5, 5.41) is 4.71. The van der Waals surface area contributed by atoms with Gasteiger partial charge in [-0.05, 0) is 23.8 Å². The maximum Gasteiger partial charge on any atom is 0.313 e. The number of carbonyl (C=O) groups excluding carboxylic acids is 3. The number of carbonyl (C=O) groups is 3. The number of amides is 3. The van der Waals surface area contributed by atoms with E-state index in [1.807, 2.05) is 30.3 Å². The van der Waals surface area contributed by atoms with Gasteiger partial charge in [0.05, 0.1) is 5.69 Å². The molecule has 0 atom stereocenters. The van der Waals surface area contributed by atoms with Crippen LogP contribution in [0.3, 0.4) is 0 Å². The molecule has 0 bridgehead atoms. The Hall–Kier alpha value is -3.22. The van der Waals surface area contributed by atoms with Gasteiger partial charge in [-0.15, -0.1) is 0 Å². The van der Waals surface area contributed by atoms with E-state index in [9.17, 15) is 18.8 Å². The first-order chi connectivity index (χ1) is 11.9. The van der Waals surface area contributed by atoms with Crippen molar-refractivity contribution in [2.24, 2.45) is 0 Å². The quantitative estimate of drug-likeness (QED) is 0.837. The SMILES string of the molecule is CC(=O)Nc1ccc(F)c(NC(=O)C(=O)N(C)Cc2ccccc2)c1. The maximum absolute atomic E-state index is 13.8. The van der Waals surface area contributed by atoms with Crippen LogP contribution in [0.4, 0.5) is 15.8 Å². The van der Waals surface area contributed by atoms with E-state index in [4.69, 9.17) is 0 Å². The van der Waals surface area contributed by atoms with E-state index in [0.717, 1.165) is 11.6 Å². The zero-order chi connectivity index (χ0) is 18.4. The van der Waals surface area contributed by atoms with Gasteiger partial charge >= 0.3 is 11.8 Å². The number of hydrogen-bond donors (Lipinski definition) is 2. The minimum Gasteiger partial charge on any atom is -0.333 e. The van der Waals surface area contributed by atoms with E-state index in [2.05, 4.69) is 10.6 Å². The number of hydrogen-bond acceptors (Lipinski definition) is 3. The summed E-state index contributed by atoms with van der Waals surface area (Å²) in [7, 11) is 1.49. The predicted octanol–water partition coefficient (Wildman–Crippen LogP) is 2.38. The van der Waals surface area contributed by atoms with Gasteiger partial charge in [0.1, 0.15) is 5.82 Å². The predicted molar refractivity (Wildman–Crippen MR) is 92.2 cm³/mol. The molecule has 6 nitrogen and oxygen atoms in total. The molecule has 0 aliphatic rings. The van der Waals surface area contributed by atoms with E-state index in [0.29, 0.717) is 5.69 Å². The molecule has 0 saturated heterocycles. The van der Waals surface area contributed by atoms with Crippen LogP contribution in [0.1, 0.15) is 12.5 Å². The first kappa shape index (κ1) is 18.1. The number of nitrogens with zero attached hydrogens (tertiary/aromatic N) is 1. The molecule has 2 rings (SSSR count). The Kier molecular flexibility index (Phi) is 5.84. The number of rotatable bonds is 4. The van der Waals surface area contributed by atoms with Crippen molar-refractivity contribution in [2.75, 3.05) is 17.7 Å². The van der Waals surface area contributed by atoms with Crippen molar-refractivity contribution >= 4 is 29.1 Å². The minimum atomic E-state index is -0.961. The molecule has 3 amide bonds. The Morgan fingerprint density at radius 1 is 1.04 bits per heavy atom. The summed E-state index contributed by atoms with van der Waals surface area (Å²) in [6.45, 7) is 1.56. The molecule has 0 fully saturated rings. The average Bonchev–Trinajstić information content (AvgIpc) is 2.57. The molecule has 2 aromatic rings. The van der Waals surface area contributed by atoms with Crippen LogP contribution in [0.15, 0.2) is 48.5 Å². The second-order valence-corrected chi connectivity index (χ2v) is 5.48. The van der Waals surface area contributed by atoms with Crippen molar-refractivity contribution in [3.8, 4) is 0 Å². The van der Waals surface area contributed by atoms with Gasteiger partial charge < -0.3 is 15.5 Å². The summed E-state index contributed by atoms with van der Waals surface area (Å²) < 4.78 is 13.8. The number of benzene rings is 2. The molecular formula is C18H18FN3O3. The third kappa shape index (κ3) is 5.13. The molecule has 0 spiro atoms. The highest BCUT2D eigenvalue weighted by atomic mass is 19.1. The van der Waals surface area contributed by atoms with Gasteiger partial charge in [0, 0.05) is 26.2 Å². The molecule has 0 aliphatic heterocycles. The summed E-state index contributed by atoms with van der Waals surface area (Å²) in [5.41, 5.74) is 0.997. The fourth-order valence-corrected chi connectivity index (χ4v) is 2.18. The molecule has 0 heterocycles. The second-order valence-electron chi connectivity index (χ2n) is 5.48. The molecular weight excluding hydrogens is 325 g/mol. The van der Waals surface area contributed by atoms with Crippen molar-refractivity contribution in [3.05, 3.63) is 59.9 Å². The first-order valence-corrected chi connectivity index (χ1v) is 7.54. The van der Waals surface area contributed by atoms with Crippen LogP contribution in [-0.4, -0.2) is 29.7 Å². The minimum absolute atomic E-state index is 0.183. The van der Waals surface area contributed by atoms with E-state index < -0.39 is 17.6 Å². The fourth-order valence-electron chi connectivity index (χ4n) is 2.18. The topological polar surface area (TPSA) is 78.5 Å². The van der Waals surface area contributed by atoms with Gasteiger partial charge in [-0.2, -0.15) is 0 Å². The van der Waals surface area contributed by atoms with Crippen LogP contribution in [0.25, 0.3) is 0 Å². The highest BCUT2D eigenvalue weighted by molar-refractivity contribution is 6.39. The van der Waals surface area contributed by atoms with Crippen molar-refractivity contribution in [2.45, 2.75) is 13.5 Å². The van der Waals surface area contributed by atoms with E-state index >= 15 is 0 Å². The monoisotopic (exact) mass is 343 g/mol. The lowest BCUT2D eigenvalue weighted by molar-refractivity contribution is -0.142. The lowest BCUT2D eigenvalue weighted by atomic mass is 10.2. The summed E-state index contributed by atoms with van der Waals surface area (Å²) in [6.07, 6.45) is 0. The molecule has 25 heavy (non-hydrogen) atoms. The lowest BCUT2D eigenvalue weighted by Crippen LogP contribution is -2.36. The molecule has 0 radical (unpaired) electrons. The lowest BCUT2D eigenvalue weighted by Gasteiger charge is -2.17. The molecule has 0 saturated carbocycles. The van der Waals surface area contributed by atoms with Crippen LogP contribution in [-0.2, 0) is 20.9 Å². The number of halogens is 1. The Labute approximate surface area is 144 Å². The van der Waals surface area contributed by atoms with Gasteiger partial charge in [-0.25, -0.2) is 4.39 Å². The van der Waals surface area contributed by atoms with Crippen molar-refractivity contribution in [1.82, 2.24) is 4.90 Å². The zero-order valence-electron chi connectivity index (χ0n) is 13.9. The molecule has 2 aromatic carbocycles. The molecule has 0 aliphatic carbocycles. The van der Waals surface area contributed by atoms with Crippen LogP contribution in [0.5, 0.6) is 0 Å². The van der Waals surface area contributed by atoms with E-state index in [1.165, 1.54) is 31.0 Å². The van der Waals surface area contributed by atoms with Gasteiger partial charge in [-0.3, -0.25) is 14.4 Å². The highest BCUT2D eigenvalue weighted by Crippen LogP contribution is 2.19. The molecule has 130 valence electrons. The standard InChI is InChI=1S/C18H18FN3O3/c1-12(23)20-14-8-9-15(19)16(10-14)21-17(24)18(25)22(2)11-13-6-4-3-5-7-13/h3-10H,11H2,1-2H3,(H,20,23)(H,21,24). The Morgan fingerprint density at radius 2 is 1.72 bits per heavy atom. The van der Waals surface area contributed by atoms with Crippen LogP contribution in [0.2, 0.25) is 0 Å². The van der Waals surface area contributed by atoms with Gasteiger partial charge in [-0.1, -0.05) is 30.3 Å². The van der Waals surface area contributed by atoms with Crippen molar-refractivity contribution in [3.63, 3.8) is 0 Å². The normalized spacial score (nSPS) is 10.0. The highest BCUT2D eigenvalue weighted by Gasteiger charge is 2.20. The molecule has 0 unspecified atom stereocenters. The number of likely N-dealkylation sites (N-methyl/N-ethyl adjacent to an activating group) is 1. The summed E-state index contributed by atoms with van der Waals surface area (Å²) >= 11 is 0. The first-order valence-electron chi connectivity index (χ1n) is 7.54. The Bertz CT molecular complexity index is 793. The maximum atomic E-state index is 13.8. The third-order valence-corrected chi connectivity index (χ3v) is 3.34. The van der Waals surface area contributed by atoms with Gasteiger partial charge in [0.25, 0.3) is 0 Å².